The number of esters is 1. The van der Waals surface area contributed by atoms with Crippen molar-refractivity contribution in [3.05, 3.63) is 0 Å². The summed E-state index contributed by atoms with van der Waals surface area (Å²) in [6.07, 6.45) is -0.499. The van der Waals surface area contributed by atoms with Gasteiger partial charge in [-0.15, -0.1) is 11.8 Å². The normalized spacial score (nSPS) is 12.2. The zero-order chi connectivity index (χ0) is 22.4. The lowest BCUT2D eigenvalue weighted by atomic mass is 10.3. The number of nitrogens with one attached hydrogen (secondary N) is 3. The Kier molecular flexibility index (Phi) is 12.6. The molecule has 0 aromatic heterocycles. The first-order valence-corrected chi connectivity index (χ1v) is 9.28. The second-order valence-electron chi connectivity index (χ2n) is 5.50. The fraction of sp³-hybridized carbons (Fsp3) is 0.600. The number of aliphatic carboxylic acids is 3. The van der Waals surface area contributed by atoms with Gasteiger partial charge in [-0.25, -0.2) is 4.79 Å². The standard InChI is InChI=1S/C15H23N3O10S/c1-28-12(23)5-9(14(25)26)29-7-8(13(24)17-6-11(21)22)18-15(27)16-4-2-3-10(19)20/h8-9H,2-7H2,1H3,(H,17,24)(H,19,20)(H,21,22)(H,25,26)(H2,16,18,27)/t8-,9-/m0/s1. The summed E-state index contributed by atoms with van der Waals surface area (Å²) in [5.74, 6) is -5.62. The first kappa shape index (κ1) is 26.0. The fourth-order valence-corrected chi connectivity index (χ4v) is 2.84. The number of carboxylic acid groups (broad SMARTS) is 3. The van der Waals surface area contributed by atoms with Crippen LogP contribution in [0.3, 0.4) is 0 Å². The SMILES string of the molecule is COC(=O)C[C@H](SC[C@H](NC(=O)NCCCC(=O)O)C(=O)NCC(=O)O)C(=O)O. The van der Waals surface area contributed by atoms with Gasteiger partial charge in [0.1, 0.15) is 17.8 Å². The molecule has 14 heteroatoms. The molecular formula is C15H23N3O10S. The molecule has 0 unspecified atom stereocenters. The first-order valence-electron chi connectivity index (χ1n) is 8.23. The molecule has 0 aliphatic rings. The summed E-state index contributed by atoms with van der Waals surface area (Å²) in [6, 6.07) is -2.13. The zero-order valence-electron chi connectivity index (χ0n) is 15.5. The molecule has 0 aromatic carbocycles. The Labute approximate surface area is 169 Å². The van der Waals surface area contributed by atoms with Crippen molar-refractivity contribution in [2.45, 2.75) is 30.6 Å². The molecule has 0 saturated carbocycles. The summed E-state index contributed by atoms with van der Waals surface area (Å²) in [5.41, 5.74) is 0. The number of ether oxygens (including phenoxy) is 1. The number of hydrogen-bond donors (Lipinski definition) is 6. The summed E-state index contributed by atoms with van der Waals surface area (Å²) >= 11 is 0.689. The van der Waals surface area contributed by atoms with Crippen LogP contribution in [-0.2, 0) is 28.7 Å². The molecule has 6 N–H and O–H groups in total. The van der Waals surface area contributed by atoms with Crippen LogP contribution in [0.4, 0.5) is 4.79 Å². The number of urea groups is 1. The summed E-state index contributed by atoms with van der Waals surface area (Å²) in [5, 5.41) is 31.7. The van der Waals surface area contributed by atoms with E-state index in [4.69, 9.17) is 15.3 Å². The second kappa shape index (κ2) is 14.0. The molecule has 0 spiro atoms. The van der Waals surface area contributed by atoms with Gasteiger partial charge in [0, 0.05) is 18.7 Å². The molecular weight excluding hydrogens is 414 g/mol. The molecule has 0 rings (SSSR count). The topological polar surface area (TPSA) is 208 Å². The Hall–Kier alpha value is -3.03. The number of amides is 3. The quantitative estimate of drug-likeness (QED) is 0.136. The van der Waals surface area contributed by atoms with Crippen molar-refractivity contribution in [1.82, 2.24) is 16.0 Å². The molecule has 3 amide bonds. The lowest BCUT2D eigenvalue weighted by Gasteiger charge is -2.20. The van der Waals surface area contributed by atoms with Crippen LogP contribution in [0.15, 0.2) is 0 Å². The van der Waals surface area contributed by atoms with Crippen molar-refractivity contribution in [3.63, 3.8) is 0 Å². The lowest BCUT2D eigenvalue weighted by Crippen LogP contribution is -2.52. The third kappa shape index (κ3) is 12.9. The first-order chi connectivity index (χ1) is 13.6. The van der Waals surface area contributed by atoms with Crippen LogP contribution in [-0.4, -0.2) is 88.4 Å². The minimum absolute atomic E-state index is 0.00876. The van der Waals surface area contributed by atoms with Crippen molar-refractivity contribution in [2.75, 3.05) is 26.0 Å². The van der Waals surface area contributed by atoms with Crippen molar-refractivity contribution >= 4 is 47.6 Å². The number of hydrogen-bond acceptors (Lipinski definition) is 8. The minimum atomic E-state index is -1.33. The van der Waals surface area contributed by atoms with E-state index in [1.807, 2.05) is 0 Å². The number of carboxylic acids is 3. The molecule has 13 nitrogen and oxygen atoms in total. The maximum absolute atomic E-state index is 12.1. The average molecular weight is 437 g/mol. The number of methoxy groups -OCH3 is 1. The Morgan fingerprint density at radius 1 is 1.00 bits per heavy atom. The molecule has 0 heterocycles. The van der Waals surface area contributed by atoms with E-state index in [9.17, 15) is 28.8 Å². The molecule has 0 saturated heterocycles. The number of carbonyl (C=O) groups excluding carboxylic acids is 3. The molecule has 2 atom stereocenters. The molecule has 164 valence electrons. The van der Waals surface area contributed by atoms with E-state index in [-0.39, 0.29) is 25.1 Å². The predicted molar refractivity (Wildman–Crippen MR) is 98.4 cm³/mol. The molecule has 0 bridgehead atoms. The highest BCUT2D eigenvalue weighted by molar-refractivity contribution is 8.00. The van der Waals surface area contributed by atoms with E-state index < -0.39 is 60.1 Å². The Morgan fingerprint density at radius 2 is 1.66 bits per heavy atom. The van der Waals surface area contributed by atoms with Crippen molar-refractivity contribution in [3.8, 4) is 0 Å². The number of rotatable bonds is 14. The van der Waals surface area contributed by atoms with E-state index in [0.29, 0.717) is 11.8 Å². The van der Waals surface area contributed by atoms with Crippen LogP contribution in [0.2, 0.25) is 0 Å². The van der Waals surface area contributed by atoms with Gasteiger partial charge in [0.25, 0.3) is 0 Å². The maximum atomic E-state index is 12.1. The molecule has 29 heavy (non-hydrogen) atoms. The molecule has 0 fully saturated rings. The smallest absolute Gasteiger partial charge is 0.322 e. The van der Waals surface area contributed by atoms with Crippen molar-refractivity contribution in [2.24, 2.45) is 0 Å². The van der Waals surface area contributed by atoms with E-state index in [1.54, 1.807) is 0 Å². The van der Waals surface area contributed by atoms with Crippen molar-refractivity contribution in [1.29, 1.82) is 0 Å². The Morgan fingerprint density at radius 3 is 2.17 bits per heavy atom. The van der Waals surface area contributed by atoms with Gasteiger partial charge in [-0.1, -0.05) is 0 Å². The van der Waals surface area contributed by atoms with Gasteiger partial charge in [0.15, 0.2) is 0 Å². The highest BCUT2D eigenvalue weighted by Crippen LogP contribution is 2.17. The van der Waals surface area contributed by atoms with Gasteiger partial charge < -0.3 is 36.0 Å². The third-order valence-corrected chi connectivity index (χ3v) is 4.50. The van der Waals surface area contributed by atoms with Crippen LogP contribution in [0.5, 0.6) is 0 Å². The minimum Gasteiger partial charge on any atom is -0.481 e. The summed E-state index contributed by atoms with van der Waals surface area (Å²) in [7, 11) is 1.09. The van der Waals surface area contributed by atoms with E-state index in [2.05, 4.69) is 20.7 Å². The van der Waals surface area contributed by atoms with Crippen LogP contribution in [0, 0.1) is 0 Å². The maximum Gasteiger partial charge on any atom is 0.322 e. The van der Waals surface area contributed by atoms with Crippen LogP contribution >= 0.6 is 11.8 Å². The van der Waals surface area contributed by atoms with Crippen molar-refractivity contribution < 1.29 is 48.8 Å². The van der Waals surface area contributed by atoms with Gasteiger partial charge in [-0.05, 0) is 6.42 Å². The van der Waals surface area contributed by atoms with Gasteiger partial charge in [0.05, 0.1) is 13.5 Å². The fourth-order valence-electron chi connectivity index (χ4n) is 1.78. The molecule has 0 aliphatic carbocycles. The monoisotopic (exact) mass is 437 g/mol. The van der Waals surface area contributed by atoms with Gasteiger partial charge in [0.2, 0.25) is 5.91 Å². The Balaban J connectivity index is 4.89. The predicted octanol–water partition coefficient (Wildman–Crippen LogP) is -1.53. The highest BCUT2D eigenvalue weighted by atomic mass is 32.2. The van der Waals surface area contributed by atoms with Crippen LogP contribution in [0.25, 0.3) is 0 Å². The zero-order valence-corrected chi connectivity index (χ0v) is 16.3. The van der Waals surface area contributed by atoms with E-state index in [0.717, 1.165) is 7.11 Å². The third-order valence-electron chi connectivity index (χ3n) is 3.21. The number of thioether (sulfide) groups is 1. The van der Waals surface area contributed by atoms with Gasteiger partial charge >= 0.3 is 29.9 Å². The average Bonchev–Trinajstić information content (AvgIpc) is 2.64. The van der Waals surface area contributed by atoms with Gasteiger partial charge in [-0.2, -0.15) is 0 Å². The lowest BCUT2D eigenvalue weighted by molar-refractivity contribution is -0.145. The van der Waals surface area contributed by atoms with Crippen LogP contribution in [0.1, 0.15) is 19.3 Å². The van der Waals surface area contributed by atoms with Crippen LogP contribution < -0.4 is 16.0 Å². The largest absolute Gasteiger partial charge is 0.481 e. The van der Waals surface area contributed by atoms with Gasteiger partial charge in [-0.3, -0.25) is 24.0 Å². The summed E-state index contributed by atoms with van der Waals surface area (Å²) < 4.78 is 4.40. The Bertz CT molecular complexity index is 627. The van der Waals surface area contributed by atoms with E-state index >= 15 is 0 Å². The highest BCUT2D eigenvalue weighted by Gasteiger charge is 2.27. The molecule has 0 aliphatic heterocycles. The summed E-state index contributed by atoms with van der Waals surface area (Å²) in [6.45, 7) is -0.707. The second-order valence-corrected chi connectivity index (χ2v) is 6.74. The number of carbonyl (C=O) groups is 6. The van der Waals surface area contributed by atoms with E-state index in [1.165, 1.54) is 0 Å². The summed E-state index contributed by atoms with van der Waals surface area (Å²) in [4.78, 5) is 67.5. The molecule has 0 radical (unpaired) electrons. The molecule has 0 aromatic rings.